The summed E-state index contributed by atoms with van der Waals surface area (Å²) >= 11 is 0. The highest BCUT2D eigenvalue weighted by Gasteiger charge is 2.32. The maximum Gasteiger partial charge on any atom is 0.573 e. The summed E-state index contributed by atoms with van der Waals surface area (Å²) in [6, 6.07) is 10.0. The molecule has 0 unspecified atom stereocenters. The molecular formula is C21H20F3N5O. The summed E-state index contributed by atoms with van der Waals surface area (Å²) in [7, 11) is 0. The number of nitrogens with one attached hydrogen (secondary N) is 1. The first-order valence-corrected chi connectivity index (χ1v) is 9.47. The molecule has 0 aliphatic carbocycles. The van der Waals surface area contributed by atoms with Gasteiger partial charge in [0.15, 0.2) is 0 Å². The van der Waals surface area contributed by atoms with Crippen LogP contribution in [0, 0.1) is 6.92 Å². The molecule has 3 heterocycles. The number of hydrogen-bond acceptors (Lipinski definition) is 6. The Bertz CT molecular complexity index is 1020. The lowest BCUT2D eigenvalue weighted by atomic mass is 10.1. The molecule has 0 radical (unpaired) electrons. The van der Waals surface area contributed by atoms with Crippen LogP contribution in [-0.2, 0) is 19.5 Å². The Balaban J connectivity index is 1.53. The summed E-state index contributed by atoms with van der Waals surface area (Å²) in [5.74, 6) is 1.23. The maximum atomic E-state index is 12.7. The van der Waals surface area contributed by atoms with E-state index in [0.29, 0.717) is 17.9 Å². The minimum absolute atomic E-state index is 0.137. The molecule has 1 aliphatic rings. The molecule has 1 N–H and O–H groups in total. The summed E-state index contributed by atoms with van der Waals surface area (Å²) in [5, 5.41) is 3.15. The fourth-order valence-corrected chi connectivity index (χ4v) is 3.39. The summed E-state index contributed by atoms with van der Waals surface area (Å²) in [5.41, 5.74) is 3.31. The van der Waals surface area contributed by atoms with Crippen LogP contribution in [0.3, 0.4) is 0 Å². The first kappa shape index (κ1) is 19.9. The summed E-state index contributed by atoms with van der Waals surface area (Å²) in [4.78, 5) is 15.3. The van der Waals surface area contributed by atoms with Crippen LogP contribution in [0.25, 0.3) is 0 Å². The van der Waals surface area contributed by atoms with E-state index in [1.807, 2.05) is 25.3 Å². The third-order valence-corrected chi connectivity index (χ3v) is 4.87. The van der Waals surface area contributed by atoms with Gasteiger partial charge in [0.05, 0.1) is 5.69 Å². The first-order chi connectivity index (χ1) is 14.4. The number of aryl methyl sites for hydroxylation is 1. The molecule has 0 spiro atoms. The van der Waals surface area contributed by atoms with Crippen molar-refractivity contribution in [1.29, 1.82) is 0 Å². The number of anilines is 2. The average Bonchev–Trinajstić information content (AvgIpc) is 2.72. The quantitative estimate of drug-likeness (QED) is 0.672. The predicted octanol–water partition coefficient (Wildman–Crippen LogP) is 4.25. The number of rotatable bonds is 5. The molecule has 0 fully saturated rings. The fourth-order valence-electron chi connectivity index (χ4n) is 3.39. The molecule has 0 bridgehead atoms. The van der Waals surface area contributed by atoms with Gasteiger partial charge in [-0.15, -0.1) is 13.2 Å². The van der Waals surface area contributed by atoms with Gasteiger partial charge in [-0.05, 0) is 24.6 Å². The molecule has 3 aromatic rings. The minimum Gasteiger partial charge on any atom is -0.405 e. The van der Waals surface area contributed by atoms with Gasteiger partial charge in [0, 0.05) is 43.4 Å². The van der Waals surface area contributed by atoms with Crippen LogP contribution in [0.5, 0.6) is 5.75 Å². The van der Waals surface area contributed by atoms with Crippen molar-refractivity contribution in [2.24, 2.45) is 0 Å². The van der Waals surface area contributed by atoms with Crippen molar-refractivity contribution in [1.82, 2.24) is 15.0 Å². The van der Waals surface area contributed by atoms with Crippen LogP contribution in [0.1, 0.15) is 22.4 Å². The van der Waals surface area contributed by atoms with Gasteiger partial charge in [0.2, 0.25) is 0 Å². The Labute approximate surface area is 171 Å². The molecule has 4 rings (SSSR count). The zero-order chi connectivity index (χ0) is 21.1. The second-order valence-electron chi connectivity index (χ2n) is 7.02. The van der Waals surface area contributed by atoms with Gasteiger partial charge in [0.1, 0.15) is 23.7 Å². The van der Waals surface area contributed by atoms with Gasteiger partial charge in [-0.3, -0.25) is 0 Å². The van der Waals surface area contributed by atoms with Crippen LogP contribution >= 0.6 is 0 Å². The molecule has 0 amide bonds. The fraction of sp³-hybridized carbons (Fsp3) is 0.286. The molecule has 156 valence electrons. The van der Waals surface area contributed by atoms with Crippen molar-refractivity contribution in [3.8, 4) is 5.75 Å². The Kier molecular flexibility index (Phi) is 5.43. The maximum absolute atomic E-state index is 12.7. The third-order valence-electron chi connectivity index (χ3n) is 4.87. The first-order valence-electron chi connectivity index (χ1n) is 9.47. The van der Waals surface area contributed by atoms with Gasteiger partial charge in [0.25, 0.3) is 0 Å². The van der Waals surface area contributed by atoms with Gasteiger partial charge in [-0.1, -0.05) is 24.3 Å². The van der Waals surface area contributed by atoms with Gasteiger partial charge >= 0.3 is 6.36 Å². The molecule has 1 aliphatic heterocycles. The number of alkyl halides is 3. The summed E-state index contributed by atoms with van der Waals surface area (Å²) < 4.78 is 42.1. The highest BCUT2D eigenvalue weighted by Crippen LogP contribution is 2.29. The monoisotopic (exact) mass is 415 g/mol. The number of halogens is 3. The SMILES string of the molecule is Cc1ccc(N2CCc3ncnc(NCc4ccccc4OC(F)(F)F)c3C2)nc1. The highest BCUT2D eigenvalue weighted by molar-refractivity contribution is 5.53. The smallest absolute Gasteiger partial charge is 0.405 e. The van der Waals surface area contributed by atoms with Crippen LogP contribution in [0.15, 0.2) is 48.9 Å². The average molecular weight is 415 g/mol. The van der Waals surface area contributed by atoms with Crippen molar-refractivity contribution < 1.29 is 17.9 Å². The molecule has 9 heteroatoms. The van der Waals surface area contributed by atoms with Crippen molar-refractivity contribution >= 4 is 11.6 Å². The number of hydrogen-bond donors (Lipinski definition) is 1. The molecule has 30 heavy (non-hydrogen) atoms. The van der Waals surface area contributed by atoms with Crippen LogP contribution in [0.2, 0.25) is 0 Å². The highest BCUT2D eigenvalue weighted by atomic mass is 19.4. The standard InChI is InChI=1S/C21H20F3N5O/c1-14-6-7-19(25-10-14)29-9-8-17-16(12-29)20(28-13-27-17)26-11-15-4-2-3-5-18(15)30-21(22,23)24/h2-7,10,13H,8-9,11-12H2,1H3,(H,26,27,28). The normalized spacial score (nSPS) is 13.7. The van der Waals surface area contributed by atoms with Crippen molar-refractivity contribution in [2.45, 2.75) is 32.8 Å². The van der Waals surface area contributed by atoms with Crippen LogP contribution in [-0.4, -0.2) is 27.9 Å². The van der Waals surface area contributed by atoms with E-state index in [4.69, 9.17) is 0 Å². The van der Waals surface area contributed by atoms with E-state index in [1.165, 1.54) is 18.5 Å². The van der Waals surface area contributed by atoms with Crippen LogP contribution < -0.4 is 15.0 Å². The predicted molar refractivity (Wildman–Crippen MR) is 106 cm³/mol. The molecule has 6 nitrogen and oxygen atoms in total. The number of nitrogens with zero attached hydrogens (tertiary/aromatic N) is 4. The zero-order valence-electron chi connectivity index (χ0n) is 16.3. The largest absolute Gasteiger partial charge is 0.573 e. The molecule has 1 aromatic carbocycles. The van der Waals surface area contributed by atoms with Crippen molar-refractivity contribution in [3.05, 3.63) is 71.3 Å². The molecule has 0 saturated carbocycles. The van der Waals surface area contributed by atoms with E-state index in [9.17, 15) is 13.2 Å². The minimum atomic E-state index is -4.74. The number of aromatic nitrogens is 3. The lowest BCUT2D eigenvalue weighted by molar-refractivity contribution is -0.274. The topological polar surface area (TPSA) is 63.2 Å². The summed E-state index contributed by atoms with van der Waals surface area (Å²) in [6.45, 7) is 3.47. The number of para-hydroxylation sites is 1. The molecule has 0 saturated heterocycles. The van der Waals surface area contributed by atoms with Gasteiger partial charge in [-0.2, -0.15) is 0 Å². The van der Waals surface area contributed by atoms with E-state index in [2.05, 4.69) is 29.9 Å². The molecular weight excluding hydrogens is 395 g/mol. The van der Waals surface area contributed by atoms with Gasteiger partial charge < -0.3 is 15.0 Å². The number of benzene rings is 1. The van der Waals surface area contributed by atoms with E-state index in [1.54, 1.807) is 12.1 Å². The second-order valence-corrected chi connectivity index (χ2v) is 7.02. The summed E-state index contributed by atoms with van der Waals surface area (Å²) in [6.07, 6.45) is -0.719. The zero-order valence-corrected chi connectivity index (χ0v) is 16.3. The van der Waals surface area contributed by atoms with Crippen LogP contribution in [0.4, 0.5) is 24.8 Å². The van der Waals surface area contributed by atoms with E-state index >= 15 is 0 Å². The Morgan fingerprint density at radius 1 is 1.10 bits per heavy atom. The molecule has 2 aromatic heterocycles. The third kappa shape index (κ3) is 4.61. The van der Waals surface area contributed by atoms with E-state index in [0.717, 1.165) is 35.6 Å². The Morgan fingerprint density at radius 2 is 1.93 bits per heavy atom. The van der Waals surface area contributed by atoms with E-state index < -0.39 is 6.36 Å². The lowest BCUT2D eigenvalue weighted by Crippen LogP contribution is -2.32. The number of ether oxygens (including phenoxy) is 1. The van der Waals surface area contributed by atoms with Crippen molar-refractivity contribution in [2.75, 3.05) is 16.8 Å². The lowest BCUT2D eigenvalue weighted by Gasteiger charge is -2.30. The van der Waals surface area contributed by atoms with Gasteiger partial charge in [-0.25, -0.2) is 15.0 Å². The Hall–Kier alpha value is -3.36. The number of fused-ring (bicyclic) bond motifs is 1. The second kappa shape index (κ2) is 8.17. The number of pyridine rings is 1. The van der Waals surface area contributed by atoms with Crippen molar-refractivity contribution in [3.63, 3.8) is 0 Å². The Morgan fingerprint density at radius 3 is 2.70 bits per heavy atom. The molecule has 0 atom stereocenters. The van der Waals surface area contributed by atoms with E-state index in [-0.39, 0.29) is 12.3 Å².